The van der Waals surface area contributed by atoms with E-state index in [1.165, 1.54) is 6.07 Å². The molecule has 1 saturated carbocycles. The van der Waals surface area contributed by atoms with Gasteiger partial charge in [-0.25, -0.2) is 0 Å². The van der Waals surface area contributed by atoms with E-state index in [4.69, 9.17) is 23.2 Å². The summed E-state index contributed by atoms with van der Waals surface area (Å²) in [5, 5.41) is 13.6. The van der Waals surface area contributed by atoms with Crippen molar-refractivity contribution in [3.8, 4) is 0 Å². The number of amides is 1. The van der Waals surface area contributed by atoms with Crippen LogP contribution in [0.3, 0.4) is 0 Å². The molecule has 0 spiro atoms. The fourth-order valence-electron chi connectivity index (χ4n) is 2.19. The maximum Gasteiger partial charge on any atom is 0.251 e. The first-order valence-electron chi connectivity index (χ1n) is 5.96. The van der Waals surface area contributed by atoms with Gasteiger partial charge in [0.1, 0.15) is 0 Å². The number of aliphatic hydroxyl groups is 1. The van der Waals surface area contributed by atoms with Crippen molar-refractivity contribution >= 4 is 29.1 Å². The van der Waals surface area contributed by atoms with Crippen LogP contribution in [0.15, 0.2) is 18.2 Å². The molecule has 0 unspecified atom stereocenters. The van der Waals surface area contributed by atoms with Crippen LogP contribution in [0.5, 0.6) is 0 Å². The maximum atomic E-state index is 11.9. The van der Waals surface area contributed by atoms with E-state index < -0.39 is 5.60 Å². The third-order valence-electron chi connectivity index (χ3n) is 3.29. The molecule has 0 aliphatic heterocycles. The topological polar surface area (TPSA) is 49.3 Å². The Labute approximate surface area is 116 Å². The molecule has 1 aromatic carbocycles. The minimum Gasteiger partial charge on any atom is -0.388 e. The zero-order chi connectivity index (χ0) is 13.2. The van der Waals surface area contributed by atoms with E-state index in [9.17, 15) is 9.90 Å². The number of carbonyl (C=O) groups is 1. The Morgan fingerprint density at radius 3 is 2.56 bits per heavy atom. The first kappa shape index (κ1) is 13.7. The van der Waals surface area contributed by atoms with E-state index in [0.29, 0.717) is 15.6 Å². The second-order valence-corrected chi connectivity index (χ2v) is 5.56. The number of hydrogen-bond donors (Lipinski definition) is 2. The van der Waals surface area contributed by atoms with E-state index in [-0.39, 0.29) is 12.5 Å². The molecule has 1 aliphatic rings. The number of hydrogen-bond acceptors (Lipinski definition) is 2. The molecule has 98 valence electrons. The molecule has 1 fully saturated rings. The van der Waals surface area contributed by atoms with Gasteiger partial charge in [-0.2, -0.15) is 0 Å². The van der Waals surface area contributed by atoms with Crippen molar-refractivity contribution in [2.45, 2.75) is 31.3 Å². The molecule has 0 saturated heterocycles. The normalized spacial score (nSPS) is 17.7. The van der Waals surface area contributed by atoms with E-state index >= 15 is 0 Å². The molecule has 3 nitrogen and oxygen atoms in total. The summed E-state index contributed by atoms with van der Waals surface area (Å²) in [4.78, 5) is 11.9. The van der Waals surface area contributed by atoms with Crippen molar-refractivity contribution in [2.24, 2.45) is 0 Å². The van der Waals surface area contributed by atoms with Crippen LogP contribution in [0.25, 0.3) is 0 Å². The molecule has 1 aromatic rings. The molecule has 18 heavy (non-hydrogen) atoms. The summed E-state index contributed by atoms with van der Waals surface area (Å²) in [5.74, 6) is -0.242. The Kier molecular flexibility index (Phi) is 4.15. The fraction of sp³-hybridized carbons (Fsp3) is 0.462. The van der Waals surface area contributed by atoms with Gasteiger partial charge < -0.3 is 10.4 Å². The van der Waals surface area contributed by atoms with Crippen molar-refractivity contribution in [2.75, 3.05) is 6.54 Å². The quantitative estimate of drug-likeness (QED) is 0.898. The number of benzene rings is 1. The van der Waals surface area contributed by atoms with Crippen LogP contribution in [0, 0.1) is 0 Å². The molecule has 1 aliphatic carbocycles. The highest BCUT2D eigenvalue weighted by molar-refractivity contribution is 6.42. The second-order valence-electron chi connectivity index (χ2n) is 4.74. The van der Waals surface area contributed by atoms with Gasteiger partial charge in [-0.05, 0) is 31.0 Å². The predicted molar refractivity (Wildman–Crippen MR) is 72.2 cm³/mol. The second kappa shape index (κ2) is 5.47. The lowest BCUT2D eigenvalue weighted by Gasteiger charge is -2.22. The third-order valence-corrected chi connectivity index (χ3v) is 4.03. The number of rotatable bonds is 3. The SMILES string of the molecule is O=C(NCC1(O)CCCC1)c1ccc(Cl)c(Cl)c1. The van der Waals surface area contributed by atoms with Gasteiger partial charge in [0.15, 0.2) is 0 Å². The van der Waals surface area contributed by atoms with Crippen LogP contribution < -0.4 is 5.32 Å². The van der Waals surface area contributed by atoms with Crippen molar-refractivity contribution in [1.29, 1.82) is 0 Å². The largest absolute Gasteiger partial charge is 0.388 e. The summed E-state index contributed by atoms with van der Waals surface area (Å²) in [5.41, 5.74) is -0.294. The van der Waals surface area contributed by atoms with Gasteiger partial charge >= 0.3 is 0 Å². The van der Waals surface area contributed by atoms with Crippen molar-refractivity contribution < 1.29 is 9.90 Å². The van der Waals surface area contributed by atoms with Gasteiger partial charge in [0.25, 0.3) is 5.91 Å². The third kappa shape index (κ3) is 3.16. The van der Waals surface area contributed by atoms with Crippen LogP contribution in [0.1, 0.15) is 36.0 Å². The van der Waals surface area contributed by atoms with Crippen LogP contribution in [-0.4, -0.2) is 23.2 Å². The lowest BCUT2D eigenvalue weighted by molar-refractivity contribution is 0.0449. The minimum atomic E-state index is -0.744. The Morgan fingerprint density at radius 1 is 1.28 bits per heavy atom. The summed E-state index contributed by atoms with van der Waals surface area (Å²) in [6.45, 7) is 0.284. The van der Waals surface area contributed by atoms with Crippen LogP contribution in [0.2, 0.25) is 10.0 Å². The van der Waals surface area contributed by atoms with Gasteiger partial charge in [0.2, 0.25) is 0 Å². The summed E-state index contributed by atoms with van der Waals surface area (Å²) in [6, 6.07) is 4.73. The molecule has 5 heteroatoms. The first-order chi connectivity index (χ1) is 8.50. The van der Waals surface area contributed by atoms with E-state index in [1.807, 2.05) is 0 Å². The summed E-state index contributed by atoms with van der Waals surface area (Å²) < 4.78 is 0. The van der Waals surface area contributed by atoms with Crippen LogP contribution in [0.4, 0.5) is 0 Å². The lowest BCUT2D eigenvalue weighted by atomic mass is 10.0. The van der Waals surface area contributed by atoms with Gasteiger partial charge in [0.05, 0.1) is 15.6 Å². The Balaban J connectivity index is 1.97. The maximum absolute atomic E-state index is 11.9. The molecular weight excluding hydrogens is 273 g/mol. The minimum absolute atomic E-state index is 0.242. The van der Waals surface area contributed by atoms with Crippen molar-refractivity contribution in [3.05, 3.63) is 33.8 Å². The Bertz CT molecular complexity index is 456. The fourth-order valence-corrected chi connectivity index (χ4v) is 2.49. The molecule has 1 amide bonds. The zero-order valence-electron chi connectivity index (χ0n) is 9.88. The smallest absolute Gasteiger partial charge is 0.251 e. The summed E-state index contributed by atoms with van der Waals surface area (Å²) in [6.07, 6.45) is 3.52. The molecular formula is C13H15Cl2NO2. The van der Waals surface area contributed by atoms with Gasteiger partial charge in [-0.1, -0.05) is 36.0 Å². The zero-order valence-corrected chi connectivity index (χ0v) is 11.4. The van der Waals surface area contributed by atoms with E-state index in [2.05, 4.69) is 5.32 Å². The molecule has 0 radical (unpaired) electrons. The van der Waals surface area contributed by atoms with Crippen LogP contribution in [-0.2, 0) is 0 Å². The predicted octanol–water partition coefficient (Wildman–Crippen LogP) is 3.03. The van der Waals surface area contributed by atoms with Gasteiger partial charge in [-0.3, -0.25) is 4.79 Å². The molecule has 2 rings (SSSR count). The van der Waals surface area contributed by atoms with Gasteiger partial charge in [0, 0.05) is 12.1 Å². The monoisotopic (exact) mass is 287 g/mol. The highest BCUT2D eigenvalue weighted by Gasteiger charge is 2.31. The standard InChI is InChI=1S/C13H15Cl2NO2/c14-10-4-3-9(7-11(10)15)12(17)16-8-13(18)5-1-2-6-13/h3-4,7,18H,1-2,5-6,8H2,(H,16,17). The molecule has 0 aromatic heterocycles. The highest BCUT2D eigenvalue weighted by Crippen LogP contribution is 2.28. The molecule has 0 bridgehead atoms. The molecule has 0 atom stereocenters. The Hall–Kier alpha value is -0.770. The molecule has 0 heterocycles. The van der Waals surface area contributed by atoms with E-state index in [0.717, 1.165) is 25.7 Å². The van der Waals surface area contributed by atoms with Crippen molar-refractivity contribution in [3.63, 3.8) is 0 Å². The average molecular weight is 288 g/mol. The average Bonchev–Trinajstić information content (AvgIpc) is 2.77. The van der Waals surface area contributed by atoms with Crippen molar-refractivity contribution in [1.82, 2.24) is 5.32 Å². The number of nitrogens with one attached hydrogen (secondary N) is 1. The lowest BCUT2D eigenvalue weighted by Crippen LogP contribution is -2.40. The summed E-state index contributed by atoms with van der Waals surface area (Å²) >= 11 is 11.6. The Morgan fingerprint density at radius 2 is 1.94 bits per heavy atom. The van der Waals surface area contributed by atoms with E-state index in [1.54, 1.807) is 12.1 Å². The van der Waals surface area contributed by atoms with Gasteiger partial charge in [-0.15, -0.1) is 0 Å². The summed E-state index contributed by atoms with van der Waals surface area (Å²) in [7, 11) is 0. The van der Waals surface area contributed by atoms with Crippen LogP contribution >= 0.6 is 23.2 Å². The highest BCUT2D eigenvalue weighted by atomic mass is 35.5. The number of halogens is 2. The molecule has 2 N–H and O–H groups in total. The number of carbonyl (C=O) groups excluding carboxylic acids is 1. The first-order valence-corrected chi connectivity index (χ1v) is 6.71.